The van der Waals surface area contributed by atoms with Crippen molar-refractivity contribution in [2.75, 3.05) is 19.8 Å². The Hall–Kier alpha value is -2.50. The van der Waals surface area contributed by atoms with E-state index in [1.165, 1.54) is 0 Å². The topological polar surface area (TPSA) is 61.8 Å². The van der Waals surface area contributed by atoms with Crippen molar-refractivity contribution in [1.29, 1.82) is 0 Å². The second kappa shape index (κ2) is 8.89. The van der Waals surface area contributed by atoms with Gasteiger partial charge in [0.05, 0.1) is 25.4 Å². The Morgan fingerprint density at radius 1 is 0.966 bits per heavy atom. The van der Waals surface area contributed by atoms with Crippen LogP contribution in [0.5, 0.6) is 5.75 Å². The molecule has 0 saturated carbocycles. The highest BCUT2D eigenvalue weighted by Gasteiger charge is 2.33. The van der Waals surface area contributed by atoms with Crippen LogP contribution in [0.4, 0.5) is 0 Å². The number of fused-ring (bicyclic) bond motifs is 2. The van der Waals surface area contributed by atoms with Crippen molar-refractivity contribution in [2.24, 2.45) is 0 Å². The fraction of sp³-hybridized carbons (Fsp3) is 0.417. The van der Waals surface area contributed by atoms with Gasteiger partial charge >= 0.3 is 0 Å². The molecule has 0 spiro atoms. The van der Waals surface area contributed by atoms with Gasteiger partial charge in [-0.05, 0) is 30.9 Å². The van der Waals surface area contributed by atoms with Crippen molar-refractivity contribution in [3.8, 4) is 5.75 Å². The van der Waals surface area contributed by atoms with Gasteiger partial charge in [0.1, 0.15) is 5.75 Å². The van der Waals surface area contributed by atoms with Crippen LogP contribution in [0, 0.1) is 0 Å². The van der Waals surface area contributed by atoms with E-state index in [4.69, 9.17) is 14.2 Å². The molecule has 0 aromatic heterocycles. The van der Waals surface area contributed by atoms with Gasteiger partial charge in [-0.15, -0.1) is 0 Å². The molecule has 0 unspecified atom stereocenters. The second-order valence-electron chi connectivity index (χ2n) is 7.45. The van der Waals surface area contributed by atoms with Crippen molar-refractivity contribution in [2.45, 2.75) is 45.3 Å². The molecule has 5 heteroatoms. The van der Waals surface area contributed by atoms with Crippen LogP contribution in [-0.4, -0.2) is 37.7 Å². The van der Waals surface area contributed by atoms with E-state index in [2.05, 4.69) is 6.92 Å². The lowest BCUT2D eigenvalue weighted by atomic mass is 9.82. The minimum Gasteiger partial charge on any atom is -0.492 e. The average molecular weight is 394 g/mol. The molecule has 0 N–H and O–H groups in total. The number of hydrogen-bond acceptors (Lipinski definition) is 5. The zero-order valence-corrected chi connectivity index (χ0v) is 16.7. The first-order valence-electron chi connectivity index (χ1n) is 10.4. The van der Waals surface area contributed by atoms with Crippen LogP contribution in [0.1, 0.15) is 70.0 Å². The first-order valence-corrected chi connectivity index (χ1v) is 10.4. The summed E-state index contributed by atoms with van der Waals surface area (Å²) in [6, 6.07) is 10.7. The third kappa shape index (κ3) is 3.98. The van der Waals surface area contributed by atoms with Crippen LogP contribution in [0.2, 0.25) is 0 Å². The maximum atomic E-state index is 13.3. The number of ether oxygens (including phenoxy) is 3. The van der Waals surface area contributed by atoms with Gasteiger partial charge in [0.2, 0.25) is 0 Å². The Balaban J connectivity index is 1.66. The van der Waals surface area contributed by atoms with Gasteiger partial charge in [-0.25, -0.2) is 0 Å². The highest BCUT2D eigenvalue weighted by molar-refractivity contribution is 6.29. The van der Waals surface area contributed by atoms with Crippen molar-refractivity contribution < 1.29 is 23.8 Å². The quantitative estimate of drug-likeness (QED) is 0.597. The highest BCUT2D eigenvalue weighted by Crippen LogP contribution is 2.36. The predicted molar refractivity (Wildman–Crippen MR) is 109 cm³/mol. The van der Waals surface area contributed by atoms with Crippen LogP contribution in [0.15, 0.2) is 36.4 Å². The fourth-order valence-corrected chi connectivity index (χ4v) is 3.89. The summed E-state index contributed by atoms with van der Waals surface area (Å²) in [4.78, 5) is 26.3. The standard InChI is InChI=1S/C24H26O5/c1-2-3-7-16-10-11-19-21(23(26)18-9-5-4-8-17(18)22(19)25)24(16)29-15-12-20-27-13-6-14-28-20/h4-5,8-11,20H,2-3,6-7,12-15H2,1H3. The molecule has 2 aliphatic rings. The largest absolute Gasteiger partial charge is 0.492 e. The Morgan fingerprint density at radius 2 is 1.69 bits per heavy atom. The number of rotatable bonds is 7. The number of ketones is 2. The number of unbranched alkanes of at least 4 members (excludes halogenated alkanes) is 1. The van der Waals surface area contributed by atoms with E-state index in [-0.39, 0.29) is 17.9 Å². The molecular weight excluding hydrogens is 368 g/mol. The summed E-state index contributed by atoms with van der Waals surface area (Å²) in [6.45, 7) is 3.87. The zero-order chi connectivity index (χ0) is 20.2. The van der Waals surface area contributed by atoms with Crippen molar-refractivity contribution >= 4 is 11.6 Å². The summed E-state index contributed by atoms with van der Waals surface area (Å²) in [6.07, 6.45) is 4.04. The van der Waals surface area contributed by atoms with Gasteiger partial charge < -0.3 is 14.2 Å². The van der Waals surface area contributed by atoms with E-state index in [1.807, 2.05) is 6.07 Å². The lowest BCUT2D eigenvalue weighted by Crippen LogP contribution is -2.27. The third-order valence-corrected chi connectivity index (χ3v) is 5.42. The zero-order valence-electron chi connectivity index (χ0n) is 16.7. The summed E-state index contributed by atoms with van der Waals surface area (Å²) in [5.41, 5.74) is 2.70. The molecule has 1 saturated heterocycles. The SMILES string of the molecule is CCCCc1ccc2c(c1OCCC1OCCCO1)C(=O)c1ccccc1C2=O. The average Bonchev–Trinajstić information content (AvgIpc) is 2.77. The number of carbonyl (C=O) groups is 2. The van der Waals surface area contributed by atoms with Crippen molar-refractivity contribution in [3.63, 3.8) is 0 Å². The third-order valence-electron chi connectivity index (χ3n) is 5.42. The van der Waals surface area contributed by atoms with Gasteiger partial charge in [0, 0.05) is 23.1 Å². The molecule has 1 aliphatic heterocycles. The minimum atomic E-state index is -0.277. The Bertz CT molecular complexity index is 911. The molecule has 1 fully saturated rings. The summed E-state index contributed by atoms with van der Waals surface area (Å²) in [5, 5.41) is 0. The summed E-state index contributed by atoms with van der Waals surface area (Å²) in [5.74, 6) is 0.273. The molecule has 4 rings (SSSR count). The van der Waals surface area contributed by atoms with E-state index >= 15 is 0 Å². The minimum absolute atomic E-state index is 0.124. The molecule has 29 heavy (non-hydrogen) atoms. The smallest absolute Gasteiger partial charge is 0.198 e. The van der Waals surface area contributed by atoms with E-state index < -0.39 is 0 Å². The van der Waals surface area contributed by atoms with E-state index in [0.717, 1.165) is 31.2 Å². The molecule has 5 nitrogen and oxygen atoms in total. The first-order chi connectivity index (χ1) is 14.2. The van der Waals surface area contributed by atoms with Crippen molar-refractivity contribution in [3.05, 3.63) is 64.2 Å². The fourth-order valence-electron chi connectivity index (χ4n) is 3.89. The van der Waals surface area contributed by atoms with E-state index in [0.29, 0.717) is 54.2 Å². The van der Waals surface area contributed by atoms with E-state index in [9.17, 15) is 9.59 Å². The number of hydrogen-bond donors (Lipinski definition) is 0. The number of benzene rings is 2. The summed E-state index contributed by atoms with van der Waals surface area (Å²) in [7, 11) is 0. The van der Waals surface area contributed by atoms with Crippen LogP contribution >= 0.6 is 0 Å². The van der Waals surface area contributed by atoms with Gasteiger partial charge in [0.25, 0.3) is 0 Å². The Kier molecular flexibility index (Phi) is 6.07. The Morgan fingerprint density at radius 3 is 2.41 bits per heavy atom. The van der Waals surface area contributed by atoms with Crippen molar-refractivity contribution in [1.82, 2.24) is 0 Å². The van der Waals surface area contributed by atoms with Gasteiger partial charge in [-0.1, -0.05) is 43.7 Å². The summed E-state index contributed by atoms with van der Waals surface area (Å²) < 4.78 is 17.3. The molecule has 1 aliphatic carbocycles. The number of aryl methyl sites for hydroxylation is 1. The monoisotopic (exact) mass is 394 g/mol. The molecule has 2 aromatic carbocycles. The van der Waals surface area contributed by atoms with E-state index in [1.54, 1.807) is 30.3 Å². The van der Waals surface area contributed by atoms with Gasteiger partial charge in [-0.2, -0.15) is 0 Å². The highest BCUT2D eigenvalue weighted by atomic mass is 16.7. The maximum absolute atomic E-state index is 13.3. The Labute approximate surface area is 171 Å². The second-order valence-corrected chi connectivity index (χ2v) is 7.45. The molecule has 0 bridgehead atoms. The molecule has 2 aromatic rings. The predicted octanol–water partition coefficient (Wildman–Crippen LogP) is 4.34. The van der Waals surface area contributed by atoms with Gasteiger partial charge in [-0.3, -0.25) is 9.59 Å². The van der Waals surface area contributed by atoms with Gasteiger partial charge in [0.15, 0.2) is 17.9 Å². The normalized spacial score (nSPS) is 16.4. The molecular formula is C24H26O5. The number of carbonyl (C=O) groups excluding carboxylic acids is 2. The van der Waals surface area contributed by atoms with Crippen LogP contribution in [-0.2, 0) is 15.9 Å². The first kappa shape index (κ1) is 19.8. The van der Waals surface area contributed by atoms with Crippen LogP contribution in [0.25, 0.3) is 0 Å². The molecule has 0 atom stereocenters. The van der Waals surface area contributed by atoms with Crippen LogP contribution in [0.3, 0.4) is 0 Å². The van der Waals surface area contributed by atoms with Crippen LogP contribution < -0.4 is 4.74 Å². The molecule has 1 heterocycles. The lowest BCUT2D eigenvalue weighted by Gasteiger charge is -2.25. The molecule has 0 amide bonds. The summed E-state index contributed by atoms with van der Waals surface area (Å²) >= 11 is 0. The lowest BCUT2D eigenvalue weighted by molar-refractivity contribution is -0.183. The maximum Gasteiger partial charge on any atom is 0.198 e. The molecule has 152 valence electrons. The molecule has 0 radical (unpaired) electrons.